The molecule has 1 heterocycles. The van der Waals surface area contributed by atoms with E-state index in [0.29, 0.717) is 9.26 Å². The van der Waals surface area contributed by atoms with E-state index in [9.17, 15) is 19.1 Å². The summed E-state index contributed by atoms with van der Waals surface area (Å²) in [5.41, 5.74) is 0.00112. The molecule has 0 fully saturated rings. The van der Waals surface area contributed by atoms with Crippen molar-refractivity contribution in [1.29, 1.82) is 0 Å². The van der Waals surface area contributed by atoms with Gasteiger partial charge in [0.1, 0.15) is 5.82 Å². The molecular formula is C14H12FIN2O3. The Kier molecular flexibility index (Phi) is 4.61. The van der Waals surface area contributed by atoms with Crippen molar-refractivity contribution in [3.8, 4) is 5.75 Å². The molecule has 0 saturated heterocycles. The van der Waals surface area contributed by atoms with Crippen molar-refractivity contribution in [3.63, 3.8) is 0 Å². The largest absolute Gasteiger partial charge is 0.502 e. The third-order valence-electron chi connectivity index (χ3n) is 2.96. The Morgan fingerprint density at radius 3 is 2.62 bits per heavy atom. The van der Waals surface area contributed by atoms with Crippen molar-refractivity contribution in [2.45, 2.75) is 6.54 Å². The number of nitrogens with zero attached hydrogens (tertiary/aromatic N) is 1. The second-order valence-corrected chi connectivity index (χ2v) is 5.51. The smallest absolute Gasteiger partial charge is 0.294 e. The number of pyridine rings is 1. The van der Waals surface area contributed by atoms with Crippen molar-refractivity contribution in [2.75, 3.05) is 0 Å². The van der Waals surface area contributed by atoms with E-state index in [1.807, 2.05) is 22.6 Å². The monoisotopic (exact) mass is 402 g/mol. The van der Waals surface area contributed by atoms with Gasteiger partial charge in [-0.25, -0.2) is 4.39 Å². The number of hydrogen-bond acceptors (Lipinski definition) is 3. The highest BCUT2D eigenvalue weighted by molar-refractivity contribution is 14.1. The third-order valence-corrected chi connectivity index (χ3v) is 3.99. The highest BCUT2D eigenvalue weighted by Crippen LogP contribution is 2.15. The molecular weight excluding hydrogens is 390 g/mol. The van der Waals surface area contributed by atoms with Crippen LogP contribution in [0.5, 0.6) is 5.75 Å². The lowest BCUT2D eigenvalue weighted by molar-refractivity contribution is 0.0947. The summed E-state index contributed by atoms with van der Waals surface area (Å²) in [7, 11) is 1.50. The molecule has 0 spiro atoms. The van der Waals surface area contributed by atoms with E-state index in [0.717, 1.165) is 0 Å². The van der Waals surface area contributed by atoms with Crippen molar-refractivity contribution < 1.29 is 14.3 Å². The predicted octanol–water partition coefficient (Wildman–Crippen LogP) is 1.76. The van der Waals surface area contributed by atoms with Crippen molar-refractivity contribution >= 4 is 28.5 Å². The van der Waals surface area contributed by atoms with Gasteiger partial charge in [-0.2, -0.15) is 0 Å². The van der Waals surface area contributed by atoms with Crippen LogP contribution in [0.2, 0.25) is 0 Å². The van der Waals surface area contributed by atoms with Crippen LogP contribution < -0.4 is 10.9 Å². The average molecular weight is 402 g/mol. The van der Waals surface area contributed by atoms with Crippen molar-refractivity contribution in [3.05, 3.63) is 61.3 Å². The van der Waals surface area contributed by atoms with Crippen LogP contribution in [0, 0.1) is 9.52 Å². The van der Waals surface area contributed by atoms with Crippen LogP contribution in [0.1, 0.15) is 15.9 Å². The first-order valence-corrected chi connectivity index (χ1v) is 7.09. The topological polar surface area (TPSA) is 71.3 Å². The van der Waals surface area contributed by atoms with Gasteiger partial charge in [-0.15, -0.1) is 0 Å². The normalized spacial score (nSPS) is 10.4. The molecule has 1 amide bonds. The number of carbonyl (C=O) groups excluding carboxylic acids is 1. The van der Waals surface area contributed by atoms with E-state index in [1.54, 1.807) is 12.1 Å². The van der Waals surface area contributed by atoms with Gasteiger partial charge in [-0.05, 0) is 46.4 Å². The number of rotatable bonds is 3. The van der Waals surface area contributed by atoms with Gasteiger partial charge in [0.05, 0.1) is 9.26 Å². The van der Waals surface area contributed by atoms with E-state index in [2.05, 4.69) is 5.32 Å². The molecule has 2 rings (SSSR count). The molecule has 2 aromatic rings. The molecule has 0 aliphatic rings. The minimum atomic E-state index is -0.631. The summed E-state index contributed by atoms with van der Waals surface area (Å²) in [5.74, 6) is -1.51. The lowest BCUT2D eigenvalue weighted by Crippen LogP contribution is -2.27. The minimum Gasteiger partial charge on any atom is -0.502 e. The van der Waals surface area contributed by atoms with Gasteiger partial charge in [0.2, 0.25) is 0 Å². The Morgan fingerprint density at radius 2 is 2.00 bits per heavy atom. The van der Waals surface area contributed by atoms with E-state index in [-0.39, 0.29) is 17.9 Å². The van der Waals surface area contributed by atoms with Crippen LogP contribution in [0.15, 0.2) is 35.1 Å². The molecule has 21 heavy (non-hydrogen) atoms. The summed E-state index contributed by atoms with van der Waals surface area (Å²) >= 11 is 1.90. The van der Waals surface area contributed by atoms with Crippen LogP contribution in [-0.4, -0.2) is 15.6 Å². The second kappa shape index (κ2) is 6.25. The molecule has 0 saturated carbocycles. The summed E-state index contributed by atoms with van der Waals surface area (Å²) in [6, 6.07) is 7.10. The average Bonchev–Trinajstić information content (AvgIpc) is 2.48. The lowest BCUT2D eigenvalue weighted by atomic mass is 10.2. The molecule has 0 aliphatic carbocycles. The fourth-order valence-corrected chi connectivity index (χ4v) is 2.24. The number of halogens is 2. The first-order valence-electron chi connectivity index (χ1n) is 6.01. The van der Waals surface area contributed by atoms with Crippen LogP contribution in [0.3, 0.4) is 0 Å². The van der Waals surface area contributed by atoms with E-state index in [4.69, 9.17) is 0 Å². The number of nitrogens with one attached hydrogen (secondary N) is 1. The predicted molar refractivity (Wildman–Crippen MR) is 83.6 cm³/mol. The molecule has 110 valence electrons. The van der Waals surface area contributed by atoms with Crippen LogP contribution >= 0.6 is 22.6 Å². The number of aromatic hydroxyl groups is 1. The van der Waals surface area contributed by atoms with Gasteiger partial charge in [0, 0.05) is 13.6 Å². The van der Waals surface area contributed by atoms with Gasteiger partial charge in [-0.3, -0.25) is 9.59 Å². The SMILES string of the molecule is Cn1c(I)cc(C(=O)NCc2ccc(F)cc2)c(O)c1=O. The molecule has 0 radical (unpaired) electrons. The third kappa shape index (κ3) is 3.41. The zero-order valence-corrected chi connectivity index (χ0v) is 13.2. The number of benzene rings is 1. The number of aromatic nitrogens is 1. The fourth-order valence-electron chi connectivity index (χ4n) is 1.71. The lowest BCUT2D eigenvalue weighted by Gasteiger charge is -2.09. The zero-order valence-electron chi connectivity index (χ0n) is 11.1. The quantitative estimate of drug-likeness (QED) is 0.608. The maximum absolute atomic E-state index is 12.8. The van der Waals surface area contributed by atoms with E-state index >= 15 is 0 Å². The van der Waals surface area contributed by atoms with E-state index in [1.165, 1.54) is 29.8 Å². The molecule has 2 N–H and O–H groups in total. The Bertz CT molecular complexity index is 741. The Labute approximate surface area is 133 Å². The molecule has 0 bridgehead atoms. The maximum atomic E-state index is 12.8. The molecule has 1 aromatic heterocycles. The fraction of sp³-hybridized carbons (Fsp3) is 0.143. The first kappa shape index (κ1) is 15.5. The van der Waals surface area contributed by atoms with Crippen LogP contribution in [0.25, 0.3) is 0 Å². The standard InChI is InChI=1S/C14H12FIN2O3/c1-18-11(16)6-10(12(19)14(18)21)13(20)17-7-8-2-4-9(15)5-3-8/h2-6,19H,7H2,1H3,(H,17,20). The highest BCUT2D eigenvalue weighted by Gasteiger charge is 2.16. The number of amides is 1. The van der Waals surface area contributed by atoms with Gasteiger partial charge >= 0.3 is 0 Å². The molecule has 1 aromatic carbocycles. The highest BCUT2D eigenvalue weighted by atomic mass is 127. The van der Waals surface area contributed by atoms with Gasteiger partial charge in [0.25, 0.3) is 11.5 Å². The van der Waals surface area contributed by atoms with Crippen molar-refractivity contribution in [2.24, 2.45) is 7.05 Å². The zero-order chi connectivity index (χ0) is 15.6. The van der Waals surface area contributed by atoms with Crippen molar-refractivity contribution in [1.82, 2.24) is 9.88 Å². The summed E-state index contributed by atoms with van der Waals surface area (Å²) in [4.78, 5) is 23.7. The molecule has 0 aliphatic heterocycles. The maximum Gasteiger partial charge on any atom is 0.294 e. The Hall–Kier alpha value is -1.90. The molecule has 7 heteroatoms. The van der Waals surface area contributed by atoms with Gasteiger partial charge < -0.3 is 15.0 Å². The number of hydrogen-bond donors (Lipinski definition) is 2. The Morgan fingerprint density at radius 1 is 1.38 bits per heavy atom. The molecule has 0 atom stereocenters. The van der Waals surface area contributed by atoms with Crippen LogP contribution in [0.4, 0.5) is 4.39 Å². The van der Waals surface area contributed by atoms with Gasteiger partial charge in [0.15, 0.2) is 5.75 Å². The second-order valence-electron chi connectivity index (χ2n) is 4.40. The minimum absolute atomic E-state index is 0.0791. The van der Waals surface area contributed by atoms with Gasteiger partial charge in [-0.1, -0.05) is 12.1 Å². The van der Waals surface area contributed by atoms with E-state index < -0.39 is 17.2 Å². The summed E-state index contributed by atoms with van der Waals surface area (Å²) < 4.78 is 14.5. The Balaban J connectivity index is 2.18. The first-order chi connectivity index (χ1) is 9.90. The summed E-state index contributed by atoms with van der Waals surface area (Å²) in [5, 5.41) is 12.3. The molecule has 0 unspecified atom stereocenters. The molecule has 5 nitrogen and oxygen atoms in total. The summed E-state index contributed by atoms with van der Waals surface area (Å²) in [6.45, 7) is 0.171. The number of carbonyl (C=O) groups is 1. The van der Waals surface area contributed by atoms with Crippen LogP contribution in [-0.2, 0) is 13.6 Å². The summed E-state index contributed by atoms with van der Waals surface area (Å²) in [6.07, 6.45) is 0.